The summed E-state index contributed by atoms with van der Waals surface area (Å²) in [5.74, 6) is 4.35. The number of hydrogen-bond donors (Lipinski definition) is 1. The summed E-state index contributed by atoms with van der Waals surface area (Å²) in [7, 11) is 0. The number of ether oxygens (including phenoxy) is 1. The third-order valence-corrected chi connectivity index (χ3v) is 0.943. The second-order valence-electron chi connectivity index (χ2n) is 3.31. The molecule has 0 spiro atoms. The first-order valence-electron chi connectivity index (χ1n) is 3.45. The van der Waals surface area contributed by atoms with Gasteiger partial charge in [-0.2, -0.15) is 0 Å². The van der Waals surface area contributed by atoms with Crippen LogP contribution in [0.2, 0.25) is 0 Å². The Morgan fingerprint density at radius 2 is 1.91 bits per heavy atom. The molecule has 4 nitrogen and oxygen atoms in total. The van der Waals surface area contributed by atoms with Crippen molar-refractivity contribution in [3.63, 3.8) is 0 Å². The molecule has 1 atom stereocenters. The molecule has 0 aromatic rings. The number of esters is 1. The van der Waals surface area contributed by atoms with Crippen molar-refractivity contribution in [2.24, 2.45) is 5.90 Å². The van der Waals surface area contributed by atoms with E-state index in [0.29, 0.717) is 0 Å². The van der Waals surface area contributed by atoms with Crippen molar-refractivity contribution in [1.29, 1.82) is 0 Å². The van der Waals surface area contributed by atoms with Gasteiger partial charge in [0.25, 0.3) is 0 Å². The van der Waals surface area contributed by atoms with Gasteiger partial charge in [0.15, 0.2) is 6.10 Å². The number of carbonyl (C=O) groups excluding carboxylic acids is 1. The number of hydrogen-bond acceptors (Lipinski definition) is 4. The van der Waals surface area contributed by atoms with Crippen LogP contribution in [0.3, 0.4) is 0 Å². The highest BCUT2D eigenvalue weighted by Crippen LogP contribution is 2.08. The monoisotopic (exact) mass is 161 g/mol. The van der Waals surface area contributed by atoms with Gasteiger partial charge >= 0.3 is 5.97 Å². The van der Waals surface area contributed by atoms with Gasteiger partial charge in [-0.15, -0.1) is 0 Å². The summed E-state index contributed by atoms with van der Waals surface area (Å²) in [6.07, 6.45) is -0.700. The van der Waals surface area contributed by atoms with Crippen LogP contribution in [0.1, 0.15) is 27.7 Å². The lowest BCUT2D eigenvalue weighted by Crippen LogP contribution is -2.33. The second kappa shape index (κ2) is 3.69. The zero-order chi connectivity index (χ0) is 9.07. The fourth-order valence-corrected chi connectivity index (χ4v) is 0.440. The first-order chi connectivity index (χ1) is 4.87. The summed E-state index contributed by atoms with van der Waals surface area (Å²) in [5, 5.41) is 0. The highest BCUT2D eigenvalue weighted by atomic mass is 16.7. The van der Waals surface area contributed by atoms with Crippen LogP contribution in [0.25, 0.3) is 0 Å². The molecule has 2 N–H and O–H groups in total. The second-order valence-corrected chi connectivity index (χ2v) is 3.31. The molecule has 4 heteroatoms. The van der Waals surface area contributed by atoms with Gasteiger partial charge in [0.1, 0.15) is 5.60 Å². The van der Waals surface area contributed by atoms with Crippen molar-refractivity contribution >= 4 is 5.97 Å². The van der Waals surface area contributed by atoms with E-state index in [1.165, 1.54) is 6.92 Å². The Morgan fingerprint density at radius 1 is 1.45 bits per heavy atom. The van der Waals surface area contributed by atoms with Crippen molar-refractivity contribution in [2.45, 2.75) is 39.4 Å². The number of nitrogens with two attached hydrogens (primary N) is 1. The largest absolute Gasteiger partial charge is 0.458 e. The summed E-state index contributed by atoms with van der Waals surface area (Å²) in [4.78, 5) is 15.2. The summed E-state index contributed by atoms with van der Waals surface area (Å²) < 4.78 is 4.95. The Balaban J connectivity index is 3.88. The van der Waals surface area contributed by atoms with Crippen LogP contribution in [-0.2, 0) is 14.4 Å². The fraction of sp³-hybridized carbons (Fsp3) is 0.857. The standard InChI is InChI=1S/C7H15NO3/c1-5(11-8)6(9)10-7(2,3)4/h5H,8H2,1-4H3/t5-/m1/s1. The number of carbonyl (C=O) groups is 1. The lowest BCUT2D eigenvalue weighted by molar-refractivity contribution is -0.167. The topological polar surface area (TPSA) is 61.5 Å². The molecule has 0 radical (unpaired) electrons. The molecule has 0 rings (SSSR count). The van der Waals surface area contributed by atoms with E-state index in [1.54, 1.807) is 20.8 Å². The average molecular weight is 161 g/mol. The lowest BCUT2D eigenvalue weighted by Gasteiger charge is -2.21. The van der Waals surface area contributed by atoms with E-state index in [1.807, 2.05) is 0 Å². The molecule has 0 heterocycles. The van der Waals surface area contributed by atoms with Crippen LogP contribution in [0.4, 0.5) is 0 Å². The average Bonchev–Trinajstić information content (AvgIpc) is 1.82. The summed E-state index contributed by atoms with van der Waals surface area (Å²) >= 11 is 0. The van der Waals surface area contributed by atoms with Crippen LogP contribution < -0.4 is 5.90 Å². The van der Waals surface area contributed by atoms with Crippen LogP contribution in [0.15, 0.2) is 0 Å². The van der Waals surface area contributed by atoms with Gasteiger partial charge in [0.05, 0.1) is 0 Å². The maximum absolute atomic E-state index is 11.0. The summed E-state index contributed by atoms with van der Waals surface area (Å²) in [6, 6.07) is 0. The van der Waals surface area contributed by atoms with Gasteiger partial charge in [-0.05, 0) is 27.7 Å². The Bertz CT molecular complexity index is 139. The van der Waals surface area contributed by atoms with E-state index in [-0.39, 0.29) is 0 Å². The van der Waals surface area contributed by atoms with Crippen LogP contribution in [0.5, 0.6) is 0 Å². The Hall–Kier alpha value is -0.610. The summed E-state index contributed by atoms with van der Waals surface area (Å²) in [6.45, 7) is 6.89. The van der Waals surface area contributed by atoms with Gasteiger partial charge < -0.3 is 4.74 Å². The third-order valence-electron chi connectivity index (χ3n) is 0.943. The maximum atomic E-state index is 11.0. The third kappa shape index (κ3) is 4.75. The molecule has 0 bridgehead atoms. The predicted molar refractivity (Wildman–Crippen MR) is 40.6 cm³/mol. The summed E-state index contributed by atoms with van der Waals surface area (Å²) in [5.41, 5.74) is -0.482. The van der Waals surface area contributed by atoms with E-state index >= 15 is 0 Å². The highest BCUT2D eigenvalue weighted by molar-refractivity contribution is 5.74. The molecule has 66 valence electrons. The van der Waals surface area contributed by atoms with Crippen molar-refractivity contribution in [3.05, 3.63) is 0 Å². The van der Waals surface area contributed by atoms with Gasteiger partial charge in [0, 0.05) is 0 Å². The van der Waals surface area contributed by atoms with E-state index in [2.05, 4.69) is 4.84 Å². The molecule has 0 unspecified atom stereocenters. The van der Waals surface area contributed by atoms with E-state index < -0.39 is 17.7 Å². The van der Waals surface area contributed by atoms with Gasteiger partial charge in [-0.25, -0.2) is 10.7 Å². The first-order valence-corrected chi connectivity index (χ1v) is 3.45. The smallest absolute Gasteiger partial charge is 0.337 e. The molecule has 0 aliphatic carbocycles. The fourth-order valence-electron chi connectivity index (χ4n) is 0.440. The lowest BCUT2D eigenvalue weighted by atomic mass is 10.2. The molecule has 0 aromatic heterocycles. The van der Waals surface area contributed by atoms with Crippen molar-refractivity contribution in [1.82, 2.24) is 0 Å². The van der Waals surface area contributed by atoms with E-state index in [9.17, 15) is 4.79 Å². The minimum absolute atomic E-state index is 0.444. The molecule has 0 aliphatic rings. The molecule has 0 aliphatic heterocycles. The molecule has 0 amide bonds. The molecule has 0 saturated heterocycles. The van der Waals surface area contributed by atoms with Gasteiger partial charge in [-0.3, -0.25) is 4.84 Å². The SMILES string of the molecule is C[C@@H](ON)C(=O)OC(C)(C)C. The van der Waals surface area contributed by atoms with Crippen LogP contribution in [0, 0.1) is 0 Å². The predicted octanol–water partition coefficient (Wildman–Crippen LogP) is 0.607. The minimum atomic E-state index is -0.700. The van der Waals surface area contributed by atoms with Gasteiger partial charge in [-0.1, -0.05) is 0 Å². The van der Waals surface area contributed by atoms with Crippen molar-refractivity contribution in [3.8, 4) is 0 Å². The number of rotatable bonds is 2. The van der Waals surface area contributed by atoms with Crippen LogP contribution in [-0.4, -0.2) is 17.7 Å². The quantitative estimate of drug-likeness (QED) is 0.476. The molecular formula is C7H15NO3. The molecule has 0 saturated carbocycles. The van der Waals surface area contributed by atoms with E-state index in [0.717, 1.165) is 0 Å². The zero-order valence-electron chi connectivity index (χ0n) is 7.38. The Labute approximate surface area is 66.6 Å². The van der Waals surface area contributed by atoms with Crippen molar-refractivity contribution in [2.75, 3.05) is 0 Å². The maximum Gasteiger partial charge on any atom is 0.337 e. The molecular weight excluding hydrogens is 146 g/mol. The Kier molecular flexibility index (Phi) is 3.48. The normalized spacial score (nSPS) is 14.3. The molecule has 0 fully saturated rings. The van der Waals surface area contributed by atoms with E-state index in [4.69, 9.17) is 10.6 Å². The molecule has 11 heavy (non-hydrogen) atoms. The highest BCUT2D eigenvalue weighted by Gasteiger charge is 2.21. The van der Waals surface area contributed by atoms with Gasteiger partial charge in [0.2, 0.25) is 0 Å². The van der Waals surface area contributed by atoms with Crippen molar-refractivity contribution < 1.29 is 14.4 Å². The van der Waals surface area contributed by atoms with Crippen LogP contribution >= 0.6 is 0 Å². The molecule has 0 aromatic carbocycles. The minimum Gasteiger partial charge on any atom is -0.458 e. The first kappa shape index (κ1) is 10.4. The Morgan fingerprint density at radius 3 is 2.18 bits per heavy atom. The zero-order valence-corrected chi connectivity index (χ0v) is 7.38.